The van der Waals surface area contributed by atoms with Crippen molar-refractivity contribution in [3.8, 4) is 0 Å². The minimum absolute atomic E-state index is 0.0456. The Bertz CT molecular complexity index is 257. The van der Waals surface area contributed by atoms with Gasteiger partial charge in [0.05, 0.1) is 6.20 Å². The van der Waals surface area contributed by atoms with E-state index in [1.807, 2.05) is 0 Å². The predicted octanol–water partition coefficient (Wildman–Crippen LogP) is 1.83. The predicted molar refractivity (Wildman–Crippen MR) is 49.4 cm³/mol. The molecule has 0 atom stereocenters. The Morgan fingerprint density at radius 1 is 1.69 bits per heavy atom. The van der Waals surface area contributed by atoms with Gasteiger partial charge in [0.15, 0.2) is 0 Å². The van der Waals surface area contributed by atoms with E-state index >= 15 is 0 Å². The van der Waals surface area contributed by atoms with E-state index in [0.29, 0.717) is 12.4 Å². The van der Waals surface area contributed by atoms with Crippen LogP contribution in [-0.4, -0.2) is 17.9 Å². The molecule has 0 aliphatic heterocycles. The van der Waals surface area contributed by atoms with Gasteiger partial charge in [-0.15, -0.1) is 0 Å². The highest BCUT2D eigenvalue weighted by atomic mass is 16.4. The summed E-state index contributed by atoms with van der Waals surface area (Å²) in [5.74, 6) is 0.0456. The summed E-state index contributed by atoms with van der Waals surface area (Å²) >= 11 is 0. The average molecular weight is 182 g/mol. The number of unbranched alkanes of at least 4 members (excludes halogenated alkanes) is 1. The summed E-state index contributed by atoms with van der Waals surface area (Å²) in [5.41, 5.74) is 0. The molecule has 0 fully saturated rings. The lowest BCUT2D eigenvalue weighted by Crippen LogP contribution is -2.25. The molecule has 0 spiro atoms. The van der Waals surface area contributed by atoms with Crippen LogP contribution in [0, 0.1) is 0 Å². The number of hydrogen-bond acceptors (Lipinski definition) is 3. The van der Waals surface area contributed by atoms with Crippen molar-refractivity contribution in [1.29, 1.82) is 0 Å². The molecule has 4 nitrogen and oxygen atoms in total. The lowest BCUT2D eigenvalue weighted by Gasteiger charge is -2.11. The lowest BCUT2D eigenvalue weighted by atomic mass is 10.2. The van der Waals surface area contributed by atoms with Crippen molar-refractivity contribution in [1.82, 2.24) is 4.98 Å². The molecule has 1 rings (SSSR count). The molecule has 1 amide bonds. The van der Waals surface area contributed by atoms with Gasteiger partial charge >= 0.3 is 6.01 Å². The third kappa shape index (κ3) is 2.57. The third-order valence-electron chi connectivity index (χ3n) is 1.82. The van der Waals surface area contributed by atoms with E-state index in [-0.39, 0.29) is 5.91 Å². The van der Waals surface area contributed by atoms with E-state index in [1.54, 1.807) is 7.05 Å². The first-order valence-corrected chi connectivity index (χ1v) is 4.41. The number of aromatic nitrogens is 1. The van der Waals surface area contributed by atoms with E-state index in [1.165, 1.54) is 17.4 Å². The van der Waals surface area contributed by atoms with E-state index in [2.05, 4.69) is 11.9 Å². The molecule has 1 aromatic rings. The number of carbonyl (C=O) groups is 1. The van der Waals surface area contributed by atoms with Crippen LogP contribution in [0.4, 0.5) is 6.01 Å². The fourth-order valence-corrected chi connectivity index (χ4v) is 0.984. The number of anilines is 1. The monoisotopic (exact) mass is 182 g/mol. The fourth-order valence-electron chi connectivity index (χ4n) is 0.984. The van der Waals surface area contributed by atoms with Gasteiger partial charge in [0.1, 0.15) is 6.26 Å². The Kier molecular flexibility index (Phi) is 3.49. The Balaban J connectivity index is 2.48. The van der Waals surface area contributed by atoms with Crippen LogP contribution in [-0.2, 0) is 4.79 Å². The molecule has 1 aromatic heterocycles. The molecule has 4 heteroatoms. The summed E-state index contributed by atoms with van der Waals surface area (Å²) in [6.45, 7) is 2.05. The first-order chi connectivity index (χ1) is 6.25. The van der Waals surface area contributed by atoms with Gasteiger partial charge in [0.2, 0.25) is 5.91 Å². The molecule has 13 heavy (non-hydrogen) atoms. The summed E-state index contributed by atoms with van der Waals surface area (Å²) in [6, 6.07) is 0.362. The normalized spacial score (nSPS) is 10.0. The van der Waals surface area contributed by atoms with Crippen LogP contribution < -0.4 is 4.90 Å². The summed E-state index contributed by atoms with van der Waals surface area (Å²) < 4.78 is 4.99. The molecule has 0 bridgehead atoms. The number of hydrogen-bond donors (Lipinski definition) is 0. The molecule has 1 heterocycles. The van der Waals surface area contributed by atoms with Gasteiger partial charge in [-0.25, -0.2) is 4.98 Å². The van der Waals surface area contributed by atoms with E-state index < -0.39 is 0 Å². The zero-order valence-electron chi connectivity index (χ0n) is 7.99. The minimum atomic E-state index is 0.0456. The van der Waals surface area contributed by atoms with Gasteiger partial charge in [-0.05, 0) is 6.42 Å². The van der Waals surface area contributed by atoms with Crippen LogP contribution in [0.5, 0.6) is 0 Å². The minimum Gasteiger partial charge on any atom is -0.432 e. The van der Waals surface area contributed by atoms with Gasteiger partial charge in [-0.3, -0.25) is 9.69 Å². The summed E-state index contributed by atoms with van der Waals surface area (Å²) in [6.07, 6.45) is 5.46. The summed E-state index contributed by atoms with van der Waals surface area (Å²) in [7, 11) is 1.67. The van der Waals surface area contributed by atoms with Crippen LogP contribution in [0.15, 0.2) is 16.9 Å². The van der Waals surface area contributed by atoms with Gasteiger partial charge in [-0.2, -0.15) is 0 Å². The average Bonchev–Trinajstić information content (AvgIpc) is 2.65. The molecule has 0 aliphatic carbocycles. The van der Waals surface area contributed by atoms with Gasteiger partial charge in [0.25, 0.3) is 0 Å². The molecule has 0 saturated heterocycles. The highest BCUT2D eigenvalue weighted by Gasteiger charge is 2.12. The van der Waals surface area contributed by atoms with Gasteiger partial charge in [-0.1, -0.05) is 13.3 Å². The molecule has 0 saturated carbocycles. The maximum Gasteiger partial charge on any atom is 0.303 e. The number of amides is 1. The first-order valence-electron chi connectivity index (χ1n) is 4.41. The van der Waals surface area contributed by atoms with Gasteiger partial charge < -0.3 is 4.42 Å². The first kappa shape index (κ1) is 9.77. The van der Waals surface area contributed by atoms with Crippen molar-refractivity contribution in [2.75, 3.05) is 11.9 Å². The van der Waals surface area contributed by atoms with Crippen LogP contribution in [0.2, 0.25) is 0 Å². The topological polar surface area (TPSA) is 46.3 Å². The van der Waals surface area contributed by atoms with Gasteiger partial charge in [0, 0.05) is 13.5 Å². The van der Waals surface area contributed by atoms with E-state index in [4.69, 9.17) is 4.42 Å². The highest BCUT2D eigenvalue weighted by Crippen LogP contribution is 2.10. The van der Waals surface area contributed by atoms with Crippen molar-refractivity contribution in [2.24, 2.45) is 0 Å². The Morgan fingerprint density at radius 3 is 3.00 bits per heavy atom. The maximum absolute atomic E-state index is 11.4. The number of carbonyl (C=O) groups excluding carboxylic acids is 1. The van der Waals surface area contributed by atoms with Crippen molar-refractivity contribution in [3.05, 3.63) is 12.5 Å². The summed E-state index contributed by atoms with van der Waals surface area (Å²) in [5, 5.41) is 0. The maximum atomic E-state index is 11.4. The molecule has 0 N–H and O–H groups in total. The third-order valence-corrected chi connectivity index (χ3v) is 1.82. The highest BCUT2D eigenvalue weighted by molar-refractivity contribution is 5.90. The van der Waals surface area contributed by atoms with Crippen molar-refractivity contribution in [3.63, 3.8) is 0 Å². The van der Waals surface area contributed by atoms with E-state index in [0.717, 1.165) is 12.8 Å². The second-order valence-corrected chi connectivity index (χ2v) is 2.87. The number of rotatable bonds is 4. The van der Waals surface area contributed by atoms with Crippen LogP contribution in [0.1, 0.15) is 26.2 Å². The molecule has 72 valence electrons. The SMILES string of the molecule is CCCCC(=O)N(C)c1ncco1. The van der Waals surface area contributed by atoms with Crippen molar-refractivity contribution >= 4 is 11.9 Å². The Labute approximate surface area is 77.6 Å². The fraction of sp³-hybridized carbons (Fsp3) is 0.556. The smallest absolute Gasteiger partial charge is 0.303 e. The molecule has 0 unspecified atom stereocenters. The van der Waals surface area contributed by atoms with Crippen LogP contribution in [0.3, 0.4) is 0 Å². The van der Waals surface area contributed by atoms with Crippen LogP contribution in [0.25, 0.3) is 0 Å². The standard InChI is InChI=1S/C9H14N2O2/c1-3-4-5-8(12)11(2)9-10-6-7-13-9/h6-7H,3-5H2,1-2H3. The molecular formula is C9H14N2O2. The second kappa shape index (κ2) is 4.64. The molecular weight excluding hydrogens is 168 g/mol. The zero-order chi connectivity index (χ0) is 9.68. The van der Waals surface area contributed by atoms with Crippen molar-refractivity contribution < 1.29 is 9.21 Å². The molecule has 0 aromatic carbocycles. The second-order valence-electron chi connectivity index (χ2n) is 2.87. The lowest BCUT2D eigenvalue weighted by molar-refractivity contribution is -0.118. The largest absolute Gasteiger partial charge is 0.432 e. The quantitative estimate of drug-likeness (QED) is 0.713. The molecule has 0 aliphatic rings. The Morgan fingerprint density at radius 2 is 2.46 bits per heavy atom. The molecule has 0 radical (unpaired) electrons. The zero-order valence-corrected chi connectivity index (χ0v) is 7.99. The summed E-state index contributed by atoms with van der Waals surface area (Å²) in [4.78, 5) is 16.8. The van der Waals surface area contributed by atoms with E-state index in [9.17, 15) is 4.79 Å². The Hall–Kier alpha value is -1.32. The van der Waals surface area contributed by atoms with Crippen LogP contribution >= 0.6 is 0 Å². The number of oxazole rings is 1. The number of nitrogens with zero attached hydrogens (tertiary/aromatic N) is 2. The van der Waals surface area contributed by atoms with Crippen molar-refractivity contribution in [2.45, 2.75) is 26.2 Å².